The summed E-state index contributed by atoms with van der Waals surface area (Å²) < 4.78 is 0. The van der Waals surface area contributed by atoms with Crippen molar-refractivity contribution >= 4 is 0 Å². The van der Waals surface area contributed by atoms with E-state index in [1.54, 1.807) is 0 Å². The number of nitrogens with zero attached hydrogens (tertiary/aromatic N) is 2. The lowest BCUT2D eigenvalue weighted by atomic mass is 10.1. The van der Waals surface area contributed by atoms with Crippen molar-refractivity contribution in [2.45, 2.75) is 13.8 Å². The highest BCUT2D eigenvalue weighted by Crippen LogP contribution is 2.16. The van der Waals surface area contributed by atoms with E-state index in [4.69, 9.17) is 0 Å². The van der Waals surface area contributed by atoms with Gasteiger partial charge in [0.1, 0.15) is 5.82 Å². The fraction of sp³-hybridized carbons (Fsp3) is 0.167. The number of hydrogen-bond acceptors (Lipinski definition) is 2. The van der Waals surface area contributed by atoms with Crippen LogP contribution < -0.4 is 0 Å². The van der Waals surface area contributed by atoms with Crippen LogP contribution in [0.15, 0.2) is 36.4 Å². The predicted octanol–water partition coefficient (Wildman–Crippen LogP) is 2.76. The molecule has 2 nitrogen and oxygen atoms in total. The van der Waals surface area contributed by atoms with Gasteiger partial charge in [-0.15, -0.1) is 0 Å². The van der Waals surface area contributed by atoms with Crippen molar-refractivity contribution in [3.05, 3.63) is 47.9 Å². The first-order valence-corrected chi connectivity index (χ1v) is 4.63. The summed E-state index contributed by atoms with van der Waals surface area (Å²) >= 11 is 0. The van der Waals surface area contributed by atoms with E-state index in [-0.39, 0.29) is 0 Å². The van der Waals surface area contributed by atoms with Gasteiger partial charge in [0.2, 0.25) is 0 Å². The first kappa shape index (κ1) is 8.88. The monoisotopic (exact) mass is 184 g/mol. The molecule has 0 radical (unpaired) electrons. The maximum absolute atomic E-state index is 4.39. The van der Waals surface area contributed by atoms with E-state index in [2.05, 4.69) is 22.1 Å². The Bertz CT molecular complexity index is 415. The van der Waals surface area contributed by atoms with Gasteiger partial charge in [0.15, 0.2) is 0 Å². The summed E-state index contributed by atoms with van der Waals surface area (Å²) in [6.45, 7) is 3.90. The lowest BCUT2D eigenvalue weighted by Crippen LogP contribution is -1.93. The van der Waals surface area contributed by atoms with Crippen LogP contribution in [-0.2, 0) is 0 Å². The first-order chi connectivity index (χ1) is 6.75. The summed E-state index contributed by atoms with van der Waals surface area (Å²) in [5.74, 6) is 0.823. The van der Waals surface area contributed by atoms with Gasteiger partial charge in [-0.25, -0.2) is 9.97 Å². The predicted molar refractivity (Wildman–Crippen MR) is 56.9 cm³/mol. The van der Waals surface area contributed by atoms with Crippen molar-refractivity contribution in [1.29, 1.82) is 0 Å². The fourth-order valence-corrected chi connectivity index (χ4v) is 1.47. The van der Waals surface area contributed by atoms with Gasteiger partial charge in [-0.1, -0.05) is 30.3 Å². The molecule has 0 unspecified atom stereocenters. The molecule has 0 amide bonds. The molecule has 70 valence electrons. The number of benzene rings is 1. The minimum absolute atomic E-state index is 0.823. The van der Waals surface area contributed by atoms with E-state index in [1.165, 1.54) is 0 Å². The fourth-order valence-electron chi connectivity index (χ4n) is 1.47. The van der Waals surface area contributed by atoms with E-state index < -0.39 is 0 Å². The van der Waals surface area contributed by atoms with Gasteiger partial charge in [-0.3, -0.25) is 0 Å². The first-order valence-electron chi connectivity index (χ1n) is 4.63. The summed E-state index contributed by atoms with van der Waals surface area (Å²) in [5, 5.41) is 0. The van der Waals surface area contributed by atoms with Crippen LogP contribution in [-0.4, -0.2) is 9.97 Å². The molecule has 1 heterocycles. The molecular weight excluding hydrogens is 172 g/mol. The van der Waals surface area contributed by atoms with Gasteiger partial charge in [-0.2, -0.15) is 0 Å². The lowest BCUT2D eigenvalue weighted by molar-refractivity contribution is 1.02. The Kier molecular flexibility index (Phi) is 2.27. The van der Waals surface area contributed by atoms with E-state index >= 15 is 0 Å². The molecule has 0 N–H and O–H groups in total. The van der Waals surface area contributed by atoms with Gasteiger partial charge in [-0.05, 0) is 19.9 Å². The Morgan fingerprint density at radius 2 is 1.64 bits per heavy atom. The third-order valence-corrected chi connectivity index (χ3v) is 2.04. The maximum Gasteiger partial charge on any atom is 0.126 e. The zero-order chi connectivity index (χ0) is 9.97. The summed E-state index contributed by atoms with van der Waals surface area (Å²) in [7, 11) is 0. The zero-order valence-corrected chi connectivity index (χ0v) is 8.36. The van der Waals surface area contributed by atoms with Crippen LogP contribution in [0.2, 0.25) is 0 Å². The molecule has 2 aromatic rings. The highest BCUT2D eigenvalue weighted by Gasteiger charge is 2.00. The van der Waals surface area contributed by atoms with E-state index in [0.29, 0.717) is 0 Å². The molecule has 0 spiro atoms. The molecule has 0 aliphatic rings. The highest BCUT2D eigenvalue weighted by molar-refractivity contribution is 5.58. The van der Waals surface area contributed by atoms with Crippen LogP contribution in [0.4, 0.5) is 0 Å². The summed E-state index contributed by atoms with van der Waals surface area (Å²) in [6.07, 6.45) is 0. The van der Waals surface area contributed by atoms with Crippen LogP contribution >= 0.6 is 0 Å². The van der Waals surface area contributed by atoms with Crippen LogP contribution in [0, 0.1) is 13.8 Å². The van der Waals surface area contributed by atoms with Crippen LogP contribution in [0.25, 0.3) is 11.3 Å². The molecule has 0 fully saturated rings. The maximum atomic E-state index is 4.39. The van der Waals surface area contributed by atoms with Crippen LogP contribution in [0.3, 0.4) is 0 Å². The van der Waals surface area contributed by atoms with Crippen molar-refractivity contribution in [3.63, 3.8) is 0 Å². The molecule has 0 atom stereocenters. The molecule has 0 bridgehead atoms. The van der Waals surface area contributed by atoms with E-state index in [9.17, 15) is 0 Å². The summed E-state index contributed by atoms with van der Waals surface area (Å²) in [6, 6.07) is 12.2. The second-order valence-corrected chi connectivity index (χ2v) is 3.31. The van der Waals surface area contributed by atoms with Gasteiger partial charge in [0, 0.05) is 11.3 Å². The molecule has 0 aliphatic heterocycles. The molecule has 0 aliphatic carbocycles. The second kappa shape index (κ2) is 3.58. The van der Waals surface area contributed by atoms with Gasteiger partial charge >= 0.3 is 0 Å². The van der Waals surface area contributed by atoms with Gasteiger partial charge < -0.3 is 0 Å². The molecule has 2 rings (SSSR count). The van der Waals surface area contributed by atoms with E-state index in [0.717, 1.165) is 22.8 Å². The summed E-state index contributed by atoms with van der Waals surface area (Å²) in [4.78, 5) is 8.64. The topological polar surface area (TPSA) is 25.8 Å². The Balaban J connectivity index is 2.52. The molecule has 1 aromatic heterocycles. The number of hydrogen-bond donors (Lipinski definition) is 0. The normalized spacial score (nSPS) is 10.1. The highest BCUT2D eigenvalue weighted by atomic mass is 14.9. The van der Waals surface area contributed by atoms with Crippen molar-refractivity contribution in [1.82, 2.24) is 9.97 Å². The van der Waals surface area contributed by atoms with Crippen molar-refractivity contribution < 1.29 is 0 Å². The standard InChI is InChI=1S/C12H12N2/c1-9-8-12(14-10(2)13-9)11-6-4-3-5-7-11/h3-8H,1-2H3. The number of aromatic nitrogens is 2. The largest absolute Gasteiger partial charge is 0.239 e. The quantitative estimate of drug-likeness (QED) is 0.681. The number of aryl methyl sites for hydroxylation is 2. The second-order valence-electron chi connectivity index (χ2n) is 3.31. The van der Waals surface area contributed by atoms with Gasteiger partial charge in [0.05, 0.1) is 5.69 Å². The minimum atomic E-state index is 0.823. The molecule has 2 heteroatoms. The third-order valence-electron chi connectivity index (χ3n) is 2.04. The van der Waals surface area contributed by atoms with Crippen LogP contribution in [0.1, 0.15) is 11.5 Å². The Hall–Kier alpha value is -1.70. The lowest BCUT2D eigenvalue weighted by Gasteiger charge is -2.02. The summed E-state index contributed by atoms with van der Waals surface area (Å²) in [5.41, 5.74) is 3.15. The SMILES string of the molecule is Cc1cc(-c2ccccc2)nc(C)n1. The van der Waals surface area contributed by atoms with Crippen molar-refractivity contribution in [3.8, 4) is 11.3 Å². The Morgan fingerprint density at radius 3 is 2.29 bits per heavy atom. The molecule has 1 aromatic carbocycles. The average Bonchev–Trinajstić information content (AvgIpc) is 2.18. The zero-order valence-electron chi connectivity index (χ0n) is 8.36. The molecule has 0 saturated carbocycles. The van der Waals surface area contributed by atoms with Crippen LogP contribution in [0.5, 0.6) is 0 Å². The minimum Gasteiger partial charge on any atom is -0.239 e. The molecular formula is C12H12N2. The molecule has 0 saturated heterocycles. The average molecular weight is 184 g/mol. The van der Waals surface area contributed by atoms with Crippen molar-refractivity contribution in [2.75, 3.05) is 0 Å². The third kappa shape index (κ3) is 1.79. The molecule has 14 heavy (non-hydrogen) atoms. The Labute approximate surface area is 83.7 Å². The number of rotatable bonds is 1. The van der Waals surface area contributed by atoms with Gasteiger partial charge in [0.25, 0.3) is 0 Å². The van der Waals surface area contributed by atoms with Crippen molar-refractivity contribution in [2.24, 2.45) is 0 Å². The smallest absolute Gasteiger partial charge is 0.126 e. The Morgan fingerprint density at radius 1 is 0.929 bits per heavy atom. The van der Waals surface area contributed by atoms with E-state index in [1.807, 2.05) is 38.1 Å².